The molecule has 1 N–H and O–H groups in total. The van der Waals surface area contributed by atoms with Crippen molar-refractivity contribution >= 4 is 29.9 Å². The Hall–Kier alpha value is -0.770. The van der Waals surface area contributed by atoms with Crippen molar-refractivity contribution in [2.75, 3.05) is 19.6 Å². The number of likely N-dealkylation sites (tertiary alicyclic amines) is 1. The molecule has 0 spiro atoms. The van der Waals surface area contributed by atoms with Crippen molar-refractivity contribution in [3.05, 3.63) is 34.9 Å². The Labute approximate surface area is 163 Å². The lowest BCUT2D eigenvalue weighted by atomic mass is 10.0. The summed E-state index contributed by atoms with van der Waals surface area (Å²) >= 11 is 6.47. The minimum Gasteiger partial charge on any atom is -0.354 e. The second-order valence-electron chi connectivity index (χ2n) is 6.75. The summed E-state index contributed by atoms with van der Waals surface area (Å²) in [6, 6.07) is 8.21. The van der Waals surface area contributed by atoms with Gasteiger partial charge < -0.3 is 5.32 Å². The minimum absolute atomic E-state index is 0. The van der Waals surface area contributed by atoms with Crippen molar-refractivity contribution < 1.29 is 4.79 Å². The van der Waals surface area contributed by atoms with Crippen LogP contribution in [0.4, 0.5) is 0 Å². The highest BCUT2D eigenvalue weighted by Crippen LogP contribution is 2.29. The van der Waals surface area contributed by atoms with Crippen LogP contribution in [0, 0.1) is 5.92 Å². The molecular formula is C20H32Cl2N2O. The van der Waals surface area contributed by atoms with Crippen LogP contribution in [0.2, 0.25) is 5.02 Å². The van der Waals surface area contributed by atoms with E-state index in [0.717, 1.165) is 36.5 Å². The van der Waals surface area contributed by atoms with Crippen molar-refractivity contribution in [3.8, 4) is 0 Å². The molecule has 0 saturated carbocycles. The van der Waals surface area contributed by atoms with Crippen molar-refractivity contribution in [3.63, 3.8) is 0 Å². The van der Waals surface area contributed by atoms with Crippen molar-refractivity contribution in [2.45, 2.75) is 58.4 Å². The van der Waals surface area contributed by atoms with Crippen LogP contribution in [-0.4, -0.2) is 30.4 Å². The molecule has 1 amide bonds. The van der Waals surface area contributed by atoms with Gasteiger partial charge in [0.05, 0.1) is 6.04 Å². The zero-order valence-electron chi connectivity index (χ0n) is 15.5. The van der Waals surface area contributed by atoms with Crippen molar-refractivity contribution in [2.24, 2.45) is 5.92 Å². The molecule has 1 unspecified atom stereocenters. The van der Waals surface area contributed by atoms with Gasteiger partial charge in [0.15, 0.2) is 0 Å². The maximum absolute atomic E-state index is 12.4. The van der Waals surface area contributed by atoms with Crippen LogP contribution in [0.3, 0.4) is 0 Å². The largest absolute Gasteiger partial charge is 0.354 e. The van der Waals surface area contributed by atoms with Crippen molar-refractivity contribution in [1.29, 1.82) is 0 Å². The van der Waals surface area contributed by atoms with Crippen LogP contribution in [-0.2, 0) is 4.79 Å². The van der Waals surface area contributed by atoms with E-state index in [1.165, 1.54) is 25.7 Å². The SMILES string of the molecule is CCC(CC)C(=O)NCC(c1ccccc1Cl)N1CCCCCC1.Cl. The summed E-state index contributed by atoms with van der Waals surface area (Å²) in [6.45, 7) is 6.95. The van der Waals surface area contributed by atoms with E-state index < -0.39 is 0 Å². The Balaban J connectivity index is 0.00000312. The van der Waals surface area contributed by atoms with E-state index in [1.54, 1.807) is 0 Å². The van der Waals surface area contributed by atoms with Crippen LogP contribution in [0.15, 0.2) is 24.3 Å². The number of benzene rings is 1. The first-order chi connectivity index (χ1) is 11.7. The van der Waals surface area contributed by atoms with Gasteiger partial charge in [0.25, 0.3) is 0 Å². The number of hydrogen-bond acceptors (Lipinski definition) is 2. The smallest absolute Gasteiger partial charge is 0.223 e. The predicted molar refractivity (Wildman–Crippen MR) is 109 cm³/mol. The number of halogens is 2. The van der Waals surface area contributed by atoms with Gasteiger partial charge in [0, 0.05) is 17.5 Å². The van der Waals surface area contributed by atoms with E-state index in [-0.39, 0.29) is 30.3 Å². The zero-order chi connectivity index (χ0) is 17.4. The van der Waals surface area contributed by atoms with Gasteiger partial charge in [0.2, 0.25) is 5.91 Å². The number of rotatable bonds is 7. The van der Waals surface area contributed by atoms with Crippen LogP contribution in [0.5, 0.6) is 0 Å². The molecule has 1 aromatic rings. The molecule has 142 valence electrons. The normalized spacial score (nSPS) is 16.8. The molecule has 0 aliphatic carbocycles. The molecule has 1 fully saturated rings. The lowest BCUT2D eigenvalue weighted by Crippen LogP contribution is -2.40. The topological polar surface area (TPSA) is 32.3 Å². The monoisotopic (exact) mass is 386 g/mol. The highest BCUT2D eigenvalue weighted by atomic mass is 35.5. The molecule has 1 saturated heterocycles. The molecule has 0 radical (unpaired) electrons. The molecule has 1 aliphatic heterocycles. The Kier molecular flexibility index (Phi) is 10.5. The number of hydrogen-bond donors (Lipinski definition) is 1. The van der Waals surface area contributed by atoms with E-state index in [4.69, 9.17) is 11.6 Å². The summed E-state index contributed by atoms with van der Waals surface area (Å²) in [6.07, 6.45) is 6.83. The van der Waals surface area contributed by atoms with Gasteiger partial charge in [-0.1, -0.05) is 56.5 Å². The second kappa shape index (κ2) is 11.8. The summed E-state index contributed by atoms with van der Waals surface area (Å²) in [5, 5.41) is 3.98. The zero-order valence-corrected chi connectivity index (χ0v) is 17.0. The molecule has 5 heteroatoms. The fraction of sp³-hybridized carbons (Fsp3) is 0.650. The first-order valence-electron chi connectivity index (χ1n) is 9.43. The van der Waals surface area contributed by atoms with Crippen molar-refractivity contribution in [1.82, 2.24) is 10.2 Å². The number of nitrogens with one attached hydrogen (secondary N) is 1. The van der Waals surface area contributed by atoms with E-state index >= 15 is 0 Å². The number of nitrogens with zero attached hydrogens (tertiary/aromatic N) is 1. The molecule has 1 aliphatic rings. The van der Waals surface area contributed by atoms with Crippen LogP contribution >= 0.6 is 24.0 Å². The first-order valence-corrected chi connectivity index (χ1v) is 9.81. The third-order valence-corrected chi connectivity index (χ3v) is 5.52. The quantitative estimate of drug-likeness (QED) is 0.695. The van der Waals surface area contributed by atoms with Gasteiger partial charge in [-0.05, 0) is 50.4 Å². The first kappa shape index (κ1) is 22.3. The number of carbonyl (C=O) groups is 1. The summed E-state index contributed by atoms with van der Waals surface area (Å²) in [5.74, 6) is 0.285. The highest BCUT2D eigenvalue weighted by Gasteiger charge is 2.24. The lowest BCUT2D eigenvalue weighted by Gasteiger charge is -2.32. The Morgan fingerprint density at radius 3 is 2.28 bits per heavy atom. The number of carbonyl (C=O) groups excluding carboxylic acids is 1. The minimum atomic E-state index is 0. The van der Waals surface area contributed by atoms with Gasteiger partial charge in [-0.3, -0.25) is 9.69 Å². The third kappa shape index (κ3) is 6.47. The van der Waals surface area contributed by atoms with Gasteiger partial charge >= 0.3 is 0 Å². The summed E-state index contributed by atoms with van der Waals surface area (Å²) in [4.78, 5) is 14.9. The molecule has 1 atom stereocenters. The summed E-state index contributed by atoms with van der Waals surface area (Å²) < 4.78 is 0. The Morgan fingerprint density at radius 1 is 1.12 bits per heavy atom. The molecule has 1 heterocycles. The fourth-order valence-electron chi connectivity index (χ4n) is 3.59. The molecular weight excluding hydrogens is 355 g/mol. The van der Waals surface area contributed by atoms with Crippen LogP contribution in [0.25, 0.3) is 0 Å². The van der Waals surface area contributed by atoms with E-state index in [2.05, 4.69) is 30.1 Å². The van der Waals surface area contributed by atoms with E-state index in [0.29, 0.717) is 6.54 Å². The second-order valence-corrected chi connectivity index (χ2v) is 7.15. The van der Waals surface area contributed by atoms with Crippen LogP contribution in [0.1, 0.15) is 64.0 Å². The highest BCUT2D eigenvalue weighted by molar-refractivity contribution is 6.31. The van der Waals surface area contributed by atoms with E-state index in [1.807, 2.05) is 18.2 Å². The van der Waals surface area contributed by atoms with Gasteiger partial charge in [-0.25, -0.2) is 0 Å². The fourth-order valence-corrected chi connectivity index (χ4v) is 3.85. The Bertz CT molecular complexity index is 512. The maximum Gasteiger partial charge on any atom is 0.223 e. The standard InChI is InChI=1S/C20H31ClN2O.ClH/c1-3-16(4-2)20(24)22-15-19(17-11-7-8-12-18(17)21)23-13-9-5-6-10-14-23;/h7-8,11-12,16,19H,3-6,9-10,13-15H2,1-2H3,(H,22,24);1H. The van der Waals surface area contributed by atoms with Gasteiger partial charge in [0.1, 0.15) is 0 Å². The number of amides is 1. The molecule has 1 aromatic carbocycles. The summed E-state index contributed by atoms with van der Waals surface area (Å²) in [5.41, 5.74) is 1.13. The van der Waals surface area contributed by atoms with Crippen LogP contribution < -0.4 is 5.32 Å². The summed E-state index contributed by atoms with van der Waals surface area (Å²) in [7, 11) is 0. The van der Waals surface area contributed by atoms with Gasteiger partial charge in [-0.2, -0.15) is 0 Å². The van der Waals surface area contributed by atoms with Gasteiger partial charge in [-0.15, -0.1) is 12.4 Å². The molecule has 3 nitrogen and oxygen atoms in total. The Morgan fingerprint density at radius 2 is 1.72 bits per heavy atom. The predicted octanol–water partition coefficient (Wildman–Crippen LogP) is 5.23. The molecule has 0 bridgehead atoms. The maximum atomic E-state index is 12.4. The van der Waals surface area contributed by atoms with E-state index in [9.17, 15) is 4.79 Å². The third-order valence-electron chi connectivity index (χ3n) is 5.17. The molecule has 25 heavy (non-hydrogen) atoms. The average molecular weight is 387 g/mol. The lowest BCUT2D eigenvalue weighted by molar-refractivity contribution is -0.125. The molecule has 0 aromatic heterocycles. The average Bonchev–Trinajstić information content (AvgIpc) is 2.87. The molecule has 2 rings (SSSR count).